The lowest BCUT2D eigenvalue weighted by Gasteiger charge is -2.12. The van der Waals surface area contributed by atoms with Crippen LogP contribution in [0.2, 0.25) is 10.0 Å². The van der Waals surface area contributed by atoms with E-state index in [9.17, 15) is 8.42 Å². The minimum Gasteiger partial charge on any atom is -0.326 e. The number of nitrogens with one attached hydrogen (secondary N) is 1. The number of hydrogen-bond donors (Lipinski definition) is 2. The largest absolute Gasteiger partial charge is 0.326 e. The average Bonchev–Trinajstić information content (AvgIpc) is 2.41. The maximum Gasteiger partial charge on any atom is 0.263 e. The summed E-state index contributed by atoms with van der Waals surface area (Å²) in [4.78, 5) is 3.78. The highest BCUT2D eigenvalue weighted by atomic mass is 79.9. The average molecular weight is 411 g/mol. The number of nitrogens with two attached hydrogens (primary N) is 1. The molecule has 0 aliphatic carbocycles. The fraction of sp³-hybridized carbons (Fsp3) is 0.0833. The quantitative estimate of drug-likeness (QED) is 0.808. The van der Waals surface area contributed by atoms with E-state index in [-0.39, 0.29) is 16.5 Å². The van der Waals surface area contributed by atoms with Crippen molar-refractivity contribution in [1.29, 1.82) is 0 Å². The number of pyridine rings is 1. The highest BCUT2D eigenvalue weighted by molar-refractivity contribution is 9.10. The van der Waals surface area contributed by atoms with Crippen LogP contribution in [-0.2, 0) is 16.6 Å². The van der Waals surface area contributed by atoms with E-state index in [1.54, 1.807) is 0 Å². The third-order valence-corrected chi connectivity index (χ3v) is 5.44. The number of benzene rings is 1. The van der Waals surface area contributed by atoms with Crippen LogP contribution in [0.3, 0.4) is 0 Å². The molecule has 0 fully saturated rings. The van der Waals surface area contributed by atoms with Crippen molar-refractivity contribution in [3.05, 3.63) is 50.7 Å². The topological polar surface area (TPSA) is 85.1 Å². The van der Waals surface area contributed by atoms with E-state index >= 15 is 0 Å². The minimum absolute atomic E-state index is 0.0230. The molecule has 2 rings (SSSR count). The fourth-order valence-corrected chi connectivity index (χ4v) is 4.03. The Hall–Kier alpha value is -0.860. The summed E-state index contributed by atoms with van der Waals surface area (Å²) in [5.41, 5.74) is 6.38. The van der Waals surface area contributed by atoms with E-state index in [2.05, 4.69) is 25.6 Å². The first kappa shape index (κ1) is 16.5. The predicted octanol–water partition coefficient (Wildman–Crippen LogP) is 3.41. The van der Waals surface area contributed by atoms with Crippen molar-refractivity contribution >= 4 is 54.8 Å². The van der Waals surface area contributed by atoms with Crippen LogP contribution in [0.1, 0.15) is 5.56 Å². The molecule has 5 nitrogen and oxygen atoms in total. The summed E-state index contributed by atoms with van der Waals surface area (Å²) in [5, 5.41) is 0.349. The Balaban J connectivity index is 2.47. The molecule has 0 unspecified atom stereocenters. The molecule has 0 radical (unpaired) electrons. The Labute approximate surface area is 140 Å². The molecule has 1 heterocycles. The SMILES string of the molecule is NCc1cc(S(=O)(=O)Nc2ccncc2Br)c(Cl)cc1Cl. The molecular formula is C12H10BrCl2N3O2S. The van der Waals surface area contributed by atoms with Crippen LogP contribution in [0, 0.1) is 0 Å². The lowest BCUT2D eigenvalue weighted by atomic mass is 10.2. The van der Waals surface area contributed by atoms with Gasteiger partial charge in [0.1, 0.15) is 4.90 Å². The zero-order chi connectivity index (χ0) is 15.6. The zero-order valence-corrected chi connectivity index (χ0v) is 14.4. The number of rotatable bonds is 4. The number of anilines is 1. The van der Waals surface area contributed by atoms with Crippen LogP contribution < -0.4 is 10.5 Å². The lowest BCUT2D eigenvalue weighted by Crippen LogP contribution is -2.15. The molecule has 0 saturated carbocycles. The van der Waals surface area contributed by atoms with E-state index in [0.717, 1.165) is 0 Å². The Morgan fingerprint density at radius 3 is 2.62 bits per heavy atom. The van der Waals surface area contributed by atoms with Gasteiger partial charge in [-0.05, 0) is 39.7 Å². The molecule has 0 spiro atoms. The van der Waals surface area contributed by atoms with Crippen molar-refractivity contribution in [3.8, 4) is 0 Å². The molecule has 0 amide bonds. The van der Waals surface area contributed by atoms with Gasteiger partial charge in [-0.3, -0.25) is 9.71 Å². The Morgan fingerprint density at radius 1 is 1.29 bits per heavy atom. The van der Waals surface area contributed by atoms with Gasteiger partial charge in [-0.15, -0.1) is 0 Å². The molecule has 3 N–H and O–H groups in total. The van der Waals surface area contributed by atoms with Crippen LogP contribution in [0.25, 0.3) is 0 Å². The van der Waals surface area contributed by atoms with Crippen LogP contribution in [0.5, 0.6) is 0 Å². The third-order valence-electron chi connectivity index (χ3n) is 2.63. The maximum absolute atomic E-state index is 12.4. The highest BCUT2D eigenvalue weighted by Gasteiger charge is 2.21. The first-order valence-corrected chi connectivity index (χ1v) is 8.68. The third kappa shape index (κ3) is 3.67. The van der Waals surface area contributed by atoms with Gasteiger partial charge < -0.3 is 5.73 Å². The summed E-state index contributed by atoms with van der Waals surface area (Å²) in [7, 11) is -3.87. The molecule has 0 saturated heterocycles. The first-order chi connectivity index (χ1) is 9.85. The van der Waals surface area contributed by atoms with E-state index < -0.39 is 10.0 Å². The summed E-state index contributed by atoms with van der Waals surface area (Å²) < 4.78 is 27.8. The molecule has 1 aromatic heterocycles. The summed E-state index contributed by atoms with van der Waals surface area (Å²) in [6, 6.07) is 4.25. The predicted molar refractivity (Wildman–Crippen MR) is 87.1 cm³/mol. The van der Waals surface area contributed by atoms with Gasteiger partial charge in [0, 0.05) is 24.0 Å². The minimum atomic E-state index is -3.87. The van der Waals surface area contributed by atoms with Gasteiger partial charge in [-0.1, -0.05) is 23.2 Å². The van der Waals surface area contributed by atoms with E-state index in [1.807, 2.05) is 0 Å². The van der Waals surface area contributed by atoms with Gasteiger partial charge in [0.05, 0.1) is 15.2 Å². The summed E-state index contributed by atoms with van der Waals surface area (Å²) in [6.07, 6.45) is 2.95. The molecular weight excluding hydrogens is 401 g/mol. The van der Waals surface area contributed by atoms with Crippen molar-refractivity contribution in [1.82, 2.24) is 4.98 Å². The number of hydrogen-bond acceptors (Lipinski definition) is 4. The second kappa shape index (κ2) is 6.50. The normalized spacial score (nSPS) is 11.4. The van der Waals surface area contributed by atoms with Gasteiger partial charge in [0.25, 0.3) is 10.0 Å². The Kier molecular flexibility index (Phi) is 5.11. The van der Waals surface area contributed by atoms with Crippen LogP contribution >= 0.6 is 39.1 Å². The van der Waals surface area contributed by atoms with Crippen molar-refractivity contribution in [2.24, 2.45) is 5.73 Å². The van der Waals surface area contributed by atoms with Crippen LogP contribution in [0.4, 0.5) is 5.69 Å². The second-order valence-electron chi connectivity index (χ2n) is 4.04. The number of sulfonamides is 1. The van der Waals surface area contributed by atoms with Crippen molar-refractivity contribution in [2.75, 3.05) is 4.72 Å². The summed E-state index contributed by atoms with van der Waals surface area (Å²) in [5.74, 6) is 0. The number of aromatic nitrogens is 1. The van der Waals surface area contributed by atoms with Gasteiger partial charge in [0.15, 0.2) is 0 Å². The molecule has 0 aliphatic heterocycles. The molecule has 112 valence electrons. The maximum atomic E-state index is 12.4. The van der Waals surface area contributed by atoms with Gasteiger partial charge in [-0.25, -0.2) is 8.42 Å². The highest BCUT2D eigenvalue weighted by Crippen LogP contribution is 2.31. The number of nitrogens with zero attached hydrogens (tertiary/aromatic N) is 1. The fourth-order valence-electron chi connectivity index (χ4n) is 1.59. The smallest absolute Gasteiger partial charge is 0.263 e. The second-order valence-corrected chi connectivity index (χ2v) is 7.36. The van der Waals surface area contributed by atoms with Gasteiger partial charge in [0.2, 0.25) is 0 Å². The summed E-state index contributed by atoms with van der Waals surface area (Å²) >= 11 is 15.1. The molecule has 0 bridgehead atoms. The standard InChI is InChI=1S/C12H10BrCl2N3O2S/c13-8-6-17-2-1-11(8)18-21(19,20)12-3-7(5-16)9(14)4-10(12)15/h1-4,6H,5,16H2,(H,17,18). The molecule has 21 heavy (non-hydrogen) atoms. The van der Waals surface area contributed by atoms with E-state index in [0.29, 0.717) is 20.7 Å². The Morgan fingerprint density at radius 2 is 2.00 bits per heavy atom. The van der Waals surface area contributed by atoms with Crippen molar-refractivity contribution in [3.63, 3.8) is 0 Å². The van der Waals surface area contributed by atoms with Crippen LogP contribution in [0.15, 0.2) is 40.0 Å². The van der Waals surface area contributed by atoms with Gasteiger partial charge >= 0.3 is 0 Å². The van der Waals surface area contributed by atoms with E-state index in [1.165, 1.54) is 30.6 Å². The molecule has 0 atom stereocenters. The lowest BCUT2D eigenvalue weighted by molar-refractivity contribution is 0.601. The molecule has 2 aromatic rings. The molecule has 9 heteroatoms. The van der Waals surface area contributed by atoms with E-state index in [4.69, 9.17) is 28.9 Å². The van der Waals surface area contributed by atoms with Gasteiger partial charge in [-0.2, -0.15) is 0 Å². The number of halogens is 3. The first-order valence-electron chi connectivity index (χ1n) is 5.65. The molecule has 1 aromatic carbocycles. The monoisotopic (exact) mass is 409 g/mol. The summed E-state index contributed by atoms with van der Waals surface area (Å²) in [6.45, 7) is 0.109. The zero-order valence-electron chi connectivity index (χ0n) is 10.5. The Bertz CT molecular complexity index is 784. The van der Waals surface area contributed by atoms with Crippen LogP contribution in [-0.4, -0.2) is 13.4 Å². The van der Waals surface area contributed by atoms with Crippen molar-refractivity contribution in [2.45, 2.75) is 11.4 Å². The molecule has 0 aliphatic rings. The van der Waals surface area contributed by atoms with Crippen molar-refractivity contribution < 1.29 is 8.42 Å².